The minimum Gasteiger partial charge on any atom is -0.449 e. The van der Waals surface area contributed by atoms with E-state index < -0.39 is 28.7 Å². The fourth-order valence-electron chi connectivity index (χ4n) is 2.60. The van der Waals surface area contributed by atoms with Gasteiger partial charge in [-0.3, -0.25) is 14.9 Å². The summed E-state index contributed by atoms with van der Waals surface area (Å²) >= 11 is 0. The number of rotatable bonds is 7. The van der Waals surface area contributed by atoms with Gasteiger partial charge in [-0.15, -0.1) is 0 Å². The number of ether oxygens (including phenoxy) is 1. The molecule has 2 aromatic carbocycles. The number of anilines is 1. The summed E-state index contributed by atoms with van der Waals surface area (Å²) in [6.07, 6.45) is -1.12. The third-order valence-electron chi connectivity index (χ3n) is 4.02. The second-order valence-electron chi connectivity index (χ2n) is 6.11. The number of amides is 1. The van der Waals surface area contributed by atoms with Crippen molar-refractivity contribution in [1.82, 2.24) is 4.90 Å². The van der Waals surface area contributed by atoms with Crippen molar-refractivity contribution in [2.45, 2.75) is 19.6 Å². The quantitative estimate of drug-likeness (QED) is 0.444. The summed E-state index contributed by atoms with van der Waals surface area (Å²) in [5, 5.41) is 13.8. The van der Waals surface area contributed by atoms with E-state index in [1.807, 2.05) is 0 Å². The molecular weight excluding hydrogens is 369 g/mol. The molecule has 0 aliphatic carbocycles. The van der Waals surface area contributed by atoms with Crippen molar-refractivity contribution < 1.29 is 23.6 Å². The summed E-state index contributed by atoms with van der Waals surface area (Å²) in [6.45, 7) is 1.54. The predicted octanol–water partition coefficient (Wildman–Crippen LogP) is 2.98. The molecule has 0 unspecified atom stereocenters. The Kier molecular flexibility index (Phi) is 6.64. The van der Waals surface area contributed by atoms with Crippen molar-refractivity contribution in [3.63, 3.8) is 0 Å². The van der Waals surface area contributed by atoms with Crippen molar-refractivity contribution in [1.29, 1.82) is 0 Å². The van der Waals surface area contributed by atoms with Gasteiger partial charge in [0.05, 0.1) is 10.5 Å². The number of nitrogens with zero attached hydrogens (tertiary/aromatic N) is 2. The number of nitrogens with one attached hydrogen (secondary N) is 1. The number of hydrogen-bond acceptors (Lipinski definition) is 6. The van der Waals surface area contributed by atoms with Gasteiger partial charge >= 0.3 is 5.97 Å². The second-order valence-corrected chi connectivity index (χ2v) is 6.11. The van der Waals surface area contributed by atoms with Crippen molar-refractivity contribution in [3.05, 3.63) is 69.5 Å². The number of esters is 1. The Hall–Kier alpha value is -3.49. The van der Waals surface area contributed by atoms with E-state index >= 15 is 0 Å². The van der Waals surface area contributed by atoms with Crippen LogP contribution in [-0.2, 0) is 16.1 Å². The van der Waals surface area contributed by atoms with E-state index in [1.165, 1.54) is 56.3 Å². The van der Waals surface area contributed by atoms with Crippen LogP contribution in [0, 0.1) is 15.9 Å². The summed E-state index contributed by atoms with van der Waals surface area (Å²) in [5.74, 6) is -1.76. The van der Waals surface area contributed by atoms with Crippen LogP contribution < -0.4 is 5.32 Å². The van der Waals surface area contributed by atoms with E-state index in [0.717, 1.165) is 6.07 Å². The fourth-order valence-corrected chi connectivity index (χ4v) is 2.60. The lowest BCUT2D eigenvalue weighted by atomic mass is 10.1. The van der Waals surface area contributed by atoms with E-state index in [9.17, 15) is 24.1 Å². The molecule has 2 rings (SSSR count). The van der Waals surface area contributed by atoms with E-state index in [1.54, 1.807) is 6.07 Å². The highest BCUT2D eigenvalue weighted by Gasteiger charge is 2.24. The normalized spacial score (nSPS) is 11.4. The van der Waals surface area contributed by atoms with Crippen LogP contribution in [0.3, 0.4) is 0 Å². The Morgan fingerprint density at radius 2 is 2.00 bits per heavy atom. The highest BCUT2D eigenvalue weighted by molar-refractivity contribution is 5.93. The second kappa shape index (κ2) is 8.94. The van der Waals surface area contributed by atoms with Gasteiger partial charge in [0.25, 0.3) is 11.6 Å². The van der Waals surface area contributed by atoms with Crippen LogP contribution >= 0.6 is 0 Å². The van der Waals surface area contributed by atoms with Crippen LogP contribution in [0.2, 0.25) is 0 Å². The zero-order valence-electron chi connectivity index (χ0n) is 15.6. The minimum atomic E-state index is -1.12. The predicted molar refractivity (Wildman–Crippen MR) is 100 cm³/mol. The lowest BCUT2D eigenvalue weighted by molar-refractivity contribution is -0.384. The molecule has 28 heavy (non-hydrogen) atoms. The van der Waals surface area contributed by atoms with Crippen LogP contribution in [0.15, 0.2) is 42.5 Å². The maximum absolute atomic E-state index is 13.3. The van der Waals surface area contributed by atoms with Gasteiger partial charge in [0.1, 0.15) is 11.5 Å². The Balaban J connectivity index is 2.05. The summed E-state index contributed by atoms with van der Waals surface area (Å²) in [4.78, 5) is 36.5. The number of carbonyl (C=O) groups is 2. The number of nitro benzene ring substituents is 1. The number of halogens is 1. The molecular formula is C19H20FN3O5. The lowest BCUT2D eigenvalue weighted by Crippen LogP contribution is -2.37. The molecule has 1 atom stereocenters. The van der Waals surface area contributed by atoms with E-state index in [2.05, 4.69) is 5.32 Å². The molecule has 0 saturated carbocycles. The van der Waals surface area contributed by atoms with Gasteiger partial charge in [0, 0.05) is 26.7 Å². The van der Waals surface area contributed by atoms with Crippen molar-refractivity contribution in [2.24, 2.45) is 0 Å². The molecule has 0 heterocycles. The Morgan fingerprint density at radius 1 is 1.29 bits per heavy atom. The Labute approximate surface area is 161 Å². The lowest BCUT2D eigenvalue weighted by Gasteiger charge is -2.21. The smallest absolute Gasteiger partial charge is 0.339 e. The Morgan fingerprint density at radius 3 is 2.61 bits per heavy atom. The zero-order valence-corrected chi connectivity index (χ0v) is 15.6. The molecule has 0 radical (unpaired) electrons. The standard InChI is InChI=1S/C19H20FN3O5/c1-12(18(24)22(3)11-13-5-4-6-15(20)9-13)28-19(25)14-7-8-16(21-2)17(10-14)23(26)27/h4-10,12,21H,11H2,1-3H3/t12-/m1/s1. The fraction of sp³-hybridized carbons (Fsp3) is 0.263. The van der Waals surface area contributed by atoms with E-state index in [0.29, 0.717) is 5.56 Å². The van der Waals surface area contributed by atoms with Gasteiger partial charge in [-0.2, -0.15) is 0 Å². The number of carbonyl (C=O) groups excluding carboxylic acids is 2. The molecule has 0 aliphatic rings. The third-order valence-corrected chi connectivity index (χ3v) is 4.02. The highest BCUT2D eigenvalue weighted by Crippen LogP contribution is 2.25. The van der Waals surface area contributed by atoms with Crippen LogP contribution in [0.25, 0.3) is 0 Å². The molecule has 148 valence electrons. The van der Waals surface area contributed by atoms with E-state index in [4.69, 9.17) is 4.74 Å². The molecule has 2 aromatic rings. The minimum absolute atomic E-state index is 0.0434. The maximum atomic E-state index is 13.3. The summed E-state index contributed by atoms with van der Waals surface area (Å²) in [7, 11) is 3.03. The van der Waals surface area contributed by atoms with Gasteiger partial charge < -0.3 is 15.0 Å². The first-order valence-corrected chi connectivity index (χ1v) is 8.39. The summed E-state index contributed by atoms with van der Waals surface area (Å²) in [6, 6.07) is 9.66. The highest BCUT2D eigenvalue weighted by atomic mass is 19.1. The summed E-state index contributed by atoms with van der Waals surface area (Å²) in [5.41, 5.74) is 0.519. The van der Waals surface area contributed by atoms with E-state index in [-0.39, 0.29) is 23.5 Å². The number of benzene rings is 2. The molecule has 9 heteroatoms. The van der Waals surface area contributed by atoms with Crippen molar-refractivity contribution in [3.8, 4) is 0 Å². The van der Waals surface area contributed by atoms with Gasteiger partial charge in [-0.1, -0.05) is 12.1 Å². The average Bonchev–Trinajstić information content (AvgIpc) is 2.66. The molecule has 0 saturated heterocycles. The summed E-state index contributed by atoms with van der Waals surface area (Å²) < 4.78 is 18.4. The molecule has 0 bridgehead atoms. The molecule has 0 fully saturated rings. The van der Waals surface area contributed by atoms with Gasteiger partial charge in [-0.25, -0.2) is 9.18 Å². The molecule has 0 aromatic heterocycles. The first-order chi connectivity index (χ1) is 13.2. The Bertz CT molecular complexity index is 903. The molecule has 8 nitrogen and oxygen atoms in total. The first kappa shape index (κ1) is 20.8. The molecule has 1 amide bonds. The largest absolute Gasteiger partial charge is 0.449 e. The van der Waals surface area contributed by atoms with Crippen LogP contribution in [0.1, 0.15) is 22.8 Å². The SMILES string of the molecule is CNc1ccc(C(=O)O[C@H](C)C(=O)N(C)Cc2cccc(F)c2)cc1[N+](=O)[O-]. The number of hydrogen-bond donors (Lipinski definition) is 1. The first-order valence-electron chi connectivity index (χ1n) is 8.39. The topological polar surface area (TPSA) is 102 Å². The average molecular weight is 389 g/mol. The number of likely N-dealkylation sites (N-methyl/N-ethyl adjacent to an activating group) is 1. The van der Waals surface area contributed by atoms with Crippen LogP contribution in [0.5, 0.6) is 0 Å². The van der Waals surface area contributed by atoms with Gasteiger partial charge in [-0.05, 0) is 36.8 Å². The number of nitro groups is 1. The molecule has 0 aliphatic heterocycles. The van der Waals surface area contributed by atoms with Gasteiger partial charge in [0.2, 0.25) is 0 Å². The van der Waals surface area contributed by atoms with Gasteiger partial charge in [0.15, 0.2) is 6.10 Å². The van der Waals surface area contributed by atoms with Crippen molar-refractivity contribution in [2.75, 3.05) is 19.4 Å². The maximum Gasteiger partial charge on any atom is 0.339 e. The van der Waals surface area contributed by atoms with Crippen molar-refractivity contribution >= 4 is 23.3 Å². The third kappa shape index (κ3) is 5.03. The molecule has 1 N–H and O–H groups in total. The van der Waals surface area contributed by atoms with Crippen LogP contribution in [0.4, 0.5) is 15.8 Å². The zero-order chi connectivity index (χ0) is 20.8. The monoisotopic (exact) mass is 389 g/mol. The van der Waals surface area contributed by atoms with Crippen LogP contribution in [-0.4, -0.2) is 41.9 Å². The molecule has 0 spiro atoms.